The predicted octanol–water partition coefficient (Wildman–Crippen LogP) is 2.10. The molecule has 2 aromatic rings. The molecule has 0 radical (unpaired) electrons. The van der Waals surface area contributed by atoms with Crippen molar-refractivity contribution >= 4 is 17.3 Å². The van der Waals surface area contributed by atoms with Gasteiger partial charge in [-0.15, -0.1) is 5.10 Å². The van der Waals surface area contributed by atoms with E-state index >= 15 is 0 Å². The molecule has 1 aromatic heterocycles. The molecule has 1 aliphatic heterocycles. The Morgan fingerprint density at radius 1 is 1.45 bits per heavy atom. The Kier molecular flexibility index (Phi) is 3.35. The van der Waals surface area contributed by atoms with Gasteiger partial charge in [-0.05, 0) is 42.3 Å². The second-order valence-electron chi connectivity index (χ2n) is 5.27. The van der Waals surface area contributed by atoms with Crippen molar-refractivity contribution in [3.05, 3.63) is 23.2 Å². The van der Waals surface area contributed by atoms with E-state index in [0.717, 1.165) is 25.0 Å². The van der Waals surface area contributed by atoms with Crippen LogP contribution in [0, 0.1) is 0 Å². The van der Waals surface area contributed by atoms with Gasteiger partial charge in [0.1, 0.15) is 0 Å². The molecule has 2 heterocycles. The maximum Gasteiger partial charge on any atom is 0.184 e. The molecule has 0 amide bonds. The summed E-state index contributed by atoms with van der Waals surface area (Å²) in [6, 6.07) is 5.46. The highest BCUT2D eigenvalue weighted by Crippen LogP contribution is 2.34. The predicted molar refractivity (Wildman–Crippen MR) is 76.4 cm³/mol. The lowest BCUT2D eigenvalue weighted by atomic mass is 9.94. The molecular weight excluding hydrogens is 278 g/mol. The molecule has 1 aliphatic rings. The molecule has 1 atom stereocenters. The number of halogens is 1. The first-order valence-electron chi connectivity index (χ1n) is 6.53. The number of nitrogens with zero attached hydrogens (tertiary/aromatic N) is 4. The molecule has 2 N–H and O–H groups in total. The Labute approximate surface area is 121 Å². The van der Waals surface area contributed by atoms with Crippen LogP contribution in [-0.2, 0) is 10.3 Å². The van der Waals surface area contributed by atoms with Crippen LogP contribution in [0.1, 0.15) is 19.8 Å². The van der Waals surface area contributed by atoms with Gasteiger partial charge < -0.3 is 10.5 Å². The first-order chi connectivity index (χ1) is 9.62. The fraction of sp³-hybridized carbons (Fsp3) is 0.462. The molecule has 1 fully saturated rings. The van der Waals surface area contributed by atoms with E-state index in [-0.39, 0.29) is 5.54 Å². The Hall–Kier alpha value is -1.66. The molecule has 1 aromatic carbocycles. The lowest BCUT2D eigenvalue weighted by Crippen LogP contribution is -2.40. The van der Waals surface area contributed by atoms with Crippen LogP contribution in [0.4, 0.5) is 5.69 Å². The maximum atomic E-state index is 6.08. The summed E-state index contributed by atoms with van der Waals surface area (Å²) in [5, 5.41) is 12.6. The smallest absolute Gasteiger partial charge is 0.184 e. The summed E-state index contributed by atoms with van der Waals surface area (Å²) in [6.07, 6.45) is 1.95. The summed E-state index contributed by atoms with van der Waals surface area (Å²) in [5.41, 5.74) is 7.02. The van der Waals surface area contributed by atoms with Gasteiger partial charge in [0.2, 0.25) is 0 Å². The Morgan fingerprint density at radius 3 is 3.05 bits per heavy atom. The van der Waals surface area contributed by atoms with Crippen LogP contribution in [-0.4, -0.2) is 33.4 Å². The van der Waals surface area contributed by atoms with Gasteiger partial charge in [-0.3, -0.25) is 0 Å². The van der Waals surface area contributed by atoms with Crippen molar-refractivity contribution in [2.24, 2.45) is 0 Å². The minimum absolute atomic E-state index is 0.258. The minimum atomic E-state index is -0.258. The van der Waals surface area contributed by atoms with E-state index in [1.165, 1.54) is 0 Å². The minimum Gasteiger partial charge on any atom is -0.397 e. The largest absolute Gasteiger partial charge is 0.397 e. The van der Waals surface area contributed by atoms with E-state index < -0.39 is 0 Å². The quantitative estimate of drug-likeness (QED) is 0.858. The summed E-state index contributed by atoms with van der Waals surface area (Å²) in [7, 11) is 0. The lowest BCUT2D eigenvalue weighted by Gasteiger charge is -2.33. The Balaban J connectivity index is 2.08. The van der Waals surface area contributed by atoms with Gasteiger partial charge in [0.15, 0.2) is 5.82 Å². The number of para-hydroxylation sites is 1. The van der Waals surface area contributed by atoms with Crippen molar-refractivity contribution in [3.63, 3.8) is 0 Å². The third-order valence-electron chi connectivity index (χ3n) is 3.69. The fourth-order valence-corrected chi connectivity index (χ4v) is 2.71. The van der Waals surface area contributed by atoms with Crippen molar-refractivity contribution in [1.29, 1.82) is 0 Å². The van der Waals surface area contributed by atoms with Crippen LogP contribution < -0.4 is 5.73 Å². The summed E-state index contributed by atoms with van der Waals surface area (Å²) >= 11 is 6.08. The highest BCUT2D eigenvalue weighted by atomic mass is 35.5. The van der Waals surface area contributed by atoms with Crippen LogP contribution in [0.2, 0.25) is 5.02 Å². The molecule has 3 rings (SSSR count). The van der Waals surface area contributed by atoms with Crippen LogP contribution >= 0.6 is 11.6 Å². The highest BCUT2D eigenvalue weighted by molar-refractivity contribution is 6.33. The fourth-order valence-electron chi connectivity index (χ4n) is 2.54. The maximum absolute atomic E-state index is 6.08. The molecule has 6 nitrogen and oxygen atoms in total. The SMILES string of the molecule is CC1(n2nnnc2-c2cccc(Cl)c2N)CCCOC1. The summed E-state index contributed by atoms with van der Waals surface area (Å²) in [5.74, 6) is 0.623. The zero-order valence-electron chi connectivity index (χ0n) is 11.2. The molecule has 1 saturated heterocycles. The van der Waals surface area contributed by atoms with E-state index in [0.29, 0.717) is 23.1 Å². The third-order valence-corrected chi connectivity index (χ3v) is 4.02. The average molecular weight is 294 g/mol. The van der Waals surface area contributed by atoms with E-state index in [9.17, 15) is 0 Å². The van der Waals surface area contributed by atoms with Gasteiger partial charge in [-0.25, -0.2) is 4.68 Å². The number of aromatic nitrogens is 4. The van der Waals surface area contributed by atoms with Crippen molar-refractivity contribution in [1.82, 2.24) is 20.2 Å². The normalized spacial score (nSPS) is 22.9. The Bertz CT molecular complexity index is 621. The monoisotopic (exact) mass is 293 g/mol. The number of rotatable bonds is 2. The van der Waals surface area contributed by atoms with E-state index in [1.807, 2.05) is 12.1 Å². The van der Waals surface area contributed by atoms with Crippen LogP contribution in [0.15, 0.2) is 18.2 Å². The molecule has 7 heteroatoms. The molecule has 1 unspecified atom stereocenters. The number of nitrogens with two attached hydrogens (primary N) is 1. The standard InChI is InChI=1S/C13H16ClN5O/c1-13(6-3-7-20-8-13)19-12(16-17-18-19)9-4-2-5-10(14)11(9)15/h2,4-5H,3,6-8,15H2,1H3. The number of anilines is 1. The number of hydrogen-bond donors (Lipinski definition) is 1. The molecule has 106 valence electrons. The number of benzene rings is 1. The second kappa shape index (κ2) is 5.03. The topological polar surface area (TPSA) is 78.9 Å². The molecule has 0 spiro atoms. The number of tetrazole rings is 1. The van der Waals surface area contributed by atoms with Gasteiger partial charge >= 0.3 is 0 Å². The third kappa shape index (κ3) is 2.14. The zero-order chi connectivity index (χ0) is 14.2. The second-order valence-corrected chi connectivity index (χ2v) is 5.68. The van der Waals surface area contributed by atoms with Crippen LogP contribution in [0.25, 0.3) is 11.4 Å². The van der Waals surface area contributed by atoms with Crippen molar-refractivity contribution < 1.29 is 4.74 Å². The summed E-state index contributed by atoms with van der Waals surface area (Å²) in [4.78, 5) is 0. The van der Waals surface area contributed by atoms with Gasteiger partial charge in [0.25, 0.3) is 0 Å². The summed E-state index contributed by atoms with van der Waals surface area (Å²) in [6.45, 7) is 3.46. The average Bonchev–Trinajstić information content (AvgIpc) is 2.93. The van der Waals surface area contributed by atoms with Crippen molar-refractivity contribution in [2.75, 3.05) is 18.9 Å². The lowest BCUT2D eigenvalue weighted by molar-refractivity contribution is 0.00349. The first-order valence-corrected chi connectivity index (χ1v) is 6.90. The molecule has 0 aliphatic carbocycles. The van der Waals surface area contributed by atoms with Crippen LogP contribution in [0.5, 0.6) is 0 Å². The number of ether oxygens (including phenoxy) is 1. The highest BCUT2D eigenvalue weighted by Gasteiger charge is 2.34. The first kappa shape index (κ1) is 13.3. The number of hydrogen-bond acceptors (Lipinski definition) is 5. The van der Waals surface area contributed by atoms with Gasteiger partial charge in [-0.1, -0.05) is 17.7 Å². The summed E-state index contributed by atoms with van der Waals surface area (Å²) < 4.78 is 7.38. The number of nitrogen functional groups attached to an aromatic ring is 1. The van der Waals surface area contributed by atoms with Gasteiger partial charge in [0, 0.05) is 12.2 Å². The van der Waals surface area contributed by atoms with E-state index in [2.05, 4.69) is 22.4 Å². The molecular formula is C13H16ClN5O. The van der Waals surface area contributed by atoms with Crippen LogP contribution in [0.3, 0.4) is 0 Å². The van der Waals surface area contributed by atoms with Gasteiger partial charge in [0.05, 0.1) is 22.9 Å². The molecule has 0 saturated carbocycles. The molecule has 20 heavy (non-hydrogen) atoms. The Morgan fingerprint density at radius 2 is 2.30 bits per heavy atom. The van der Waals surface area contributed by atoms with Crippen molar-refractivity contribution in [3.8, 4) is 11.4 Å². The molecule has 0 bridgehead atoms. The zero-order valence-corrected chi connectivity index (χ0v) is 12.0. The van der Waals surface area contributed by atoms with Crippen molar-refractivity contribution in [2.45, 2.75) is 25.3 Å². The van der Waals surface area contributed by atoms with E-state index in [4.69, 9.17) is 22.1 Å². The van der Waals surface area contributed by atoms with E-state index in [1.54, 1.807) is 10.7 Å². The van der Waals surface area contributed by atoms with Gasteiger partial charge in [-0.2, -0.15) is 0 Å².